The van der Waals surface area contributed by atoms with E-state index in [1.54, 1.807) is 30.5 Å². The number of thiol groups is 1. The highest BCUT2D eigenvalue weighted by atomic mass is 32.1. The third-order valence-electron chi connectivity index (χ3n) is 2.52. The molecule has 5 heteroatoms. The van der Waals surface area contributed by atoms with Crippen molar-refractivity contribution in [2.24, 2.45) is 0 Å². The highest BCUT2D eigenvalue weighted by molar-refractivity contribution is 7.80. The van der Waals surface area contributed by atoms with Crippen molar-refractivity contribution in [1.82, 2.24) is 15.1 Å². The van der Waals surface area contributed by atoms with Gasteiger partial charge in [0.1, 0.15) is 0 Å². The third kappa shape index (κ3) is 3.37. The summed E-state index contributed by atoms with van der Waals surface area (Å²) in [7, 11) is 0. The Bertz CT molecular complexity index is 533. The molecule has 0 unspecified atom stereocenters. The number of nitrogens with zero attached hydrogens (tertiary/aromatic N) is 2. The summed E-state index contributed by atoms with van der Waals surface area (Å²) in [5.74, 6) is -0.0767. The second-order valence-electron chi connectivity index (χ2n) is 4.08. The molecule has 0 saturated carbocycles. The number of amides is 1. The fourth-order valence-corrected chi connectivity index (χ4v) is 1.74. The first-order valence-corrected chi connectivity index (χ1v) is 6.16. The highest BCUT2D eigenvalue weighted by Gasteiger charge is 2.04. The monoisotopic (exact) mass is 261 g/mol. The molecule has 18 heavy (non-hydrogen) atoms. The molecule has 0 aliphatic carbocycles. The average molecular weight is 261 g/mol. The van der Waals surface area contributed by atoms with Crippen LogP contribution in [0.5, 0.6) is 0 Å². The summed E-state index contributed by atoms with van der Waals surface area (Å²) in [6.45, 7) is 3.22. The van der Waals surface area contributed by atoms with E-state index >= 15 is 0 Å². The Morgan fingerprint density at radius 3 is 2.72 bits per heavy atom. The molecule has 0 fully saturated rings. The zero-order valence-corrected chi connectivity index (χ0v) is 11.0. The number of hydrogen-bond acceptors (Lipinski definition) is 3. The van der Waals surface area contributed by atoms with Gasteiger partial charge in [-0.05, 0) is 36.8 Å². The van der Waals surface area contributed by atoms with Gasteiger partial charge in [-0.3, -0.25) is 9.48 Å². The van der Waals surface area contributed by atoms with Gasteiger partial charge >= 0.3 is 0 Å². The van der Waals surface area contributed by atoms with E-state index in [1.807, 2.05) is 17.8 Å². The molecule has 1 aromatic carbocycles. The molecule has 4 nitrogen and oxygen atoms in total. The maximum atomic E-state index is 11.8. The molecule has 0 bridgehead atoms. The van der Waals surface area contributed by atoms with Crippen LogP contribution in [0.25, 0.3) is 0 Å². The predicted molar refractivity (Wildman–Crippen MR) is 73.0 cm³/mol. The van der Waals surface area contributed by atoms with Crippen molar-refractivity contribution in [3.8, 4) is 0 Å². The molecule has 0 atom stereocenters. The summed E-state index contributed by atoms with van der Waals surface area (Å²) in [6, 6.07) is 7.12. The van der Waals surface area contributed by atoms with Crippen LogP contribution in [-0.2, 0) is 6.54 Å². The van der Waals surface area contributed by atoms with E-state index in [2.05, 4.69) is 23.0 Å². The summed E-state index contributed by atoms with van der Waals surface area (Å²) in [4.78, 5) is 12.6. The van der Waals surface area contributed by atoms with Gasteiger partial charge in [0.05, 0.1) is 12.7 Å². The van der Waals surface area contributed by atoms with Crippen LogP contribution in [0.4, 0.5) is 0 Å². The number of nitrogens with one attached hydrogen (secondary N) is 1. The molecule has 0 saturated heterocycles. The van der Waals surface area contributed by atoms with Gasteiger partial charge in [-0.25, -0.2) is 0 Å². The van der Waals surface area contributed by atoms with Crippen molar-refractivity contribution in [1.29, 1.82) is 0 Å². The average Bonchev–Trinajstić information content (AvgIpc) is 2.76. The van der Waals surface area contributed by atoms with Crippen LogP contribution in [-0.4, -0.2) is 22.2 Å². The van der Waals surface area contributed by atoms with E-state index < -0.39 is 0 Å². The maximum absolute atomic E-state index is 11.8. The van der Waals surface area contributed by atoms with E-state index in [0.717, 1.165) is 10.5 Å². The molecule has 0 aliphatic rings. The zero-order valence-electron chi connectivity index (χ0n) is 10.1. The fraction of sp³-hybridized carbons (Fsp3) is 0.231. The van der Waals surface area contributed by atoms with Gasteiger partial charge in [-0.15, -0.1) is 12.6 Å². The summed E-state index contributed by atoms with van der Waals surface area (Å²) < 4.78 is 1.81. The van der Waals surface area contributed by atoms with Crippen molar-refractivity contribution in [3.63, 3.8) is 0 Å². The lowest BCUT2D eigenvalue weighted by atomic mass is 10.2. The molecule has 94 valence electrons. The molecule has 1 heterocycles. The quantitative estimate of drug-likeness (QED) is 0.826. The number of hydrogen-bond donors (Lipinski definition) is 2. The standard InChI is InChI=1S/C13H15N3OS/c1-10-8-15-16(9-10)7-6-14-13(17)11-2-4-12(18)5-3-11/h2-5,8-9,18H,6-7H2,1H3,(H,14,17). The van der Waals surface area contributed by atoms with Gasteiger partial charge < -0.3 is 5.32 Å². The van der Waals surface area contributed by atoms with E-state index in [9.17, 15) is 4.79 Å². The molecule has 1 N–H and O–H groups in total. The maximum Gasteiger partial charge on any atom is 0.251 e. The largest absolute Gasteiger partial charge is 0.350 e. The van der Waals surface area contributed by atoms with E-state index in [-0.39, 0.29) is 5.91 Å². The van der Waals surface area contributed by atoms with Crippen LogP contribution in [0.2, 0.25) is 0 Å². The molecule has 0 aliphatic heterocycles. The van der Waals surface area contributed by atoms with Crippen molar-refractivity contribution in [3.05, 3.63) is 47.8 Å². The van der Waals surface area contributed by atoms with Crippen molar-refractivity contribution >= 4 is 18.5 Å². The number of rotatable bonds is 4. The number of benzene rings is 1. The van der Waals surface area contributed by atoms with Crippen LogP contribution in [0.3, 0.4) is 0 Å². The van der Waals surface area contributed by atoms with Crippen LogP contribution >= 0.6 is 12.6 Å². The summed E-state index contributed by atoms with van der Waals surface area (Å²) >= 11 is 4.18. The molecule has 1 aromatic heterocycles. The summed E-state index contributed by atoms with van der Waals surface area (Å²) in [5.41, 5.74) is 1.76. The number of carbonyl (C=O) groups excluding carboxylic acids is 1. The summed E-state index contributed by atoms with van der Waals surface area (Å²) in [5, 5.41) is 7.00. The fourth-order valence-electron chi connectivity index (χ4n) is 1.59. The molecular formula is C13H15N3OS. The third-order valence-corrected chi connectivity index (χ3v) is 2.82. The Kier molecular flexibility index (Phi) is 4.04. The minimum Gasteiger partial charge on any atom is -0.350 e. The SMILES string of the molecule is Cc1cnn(CCNC(=O)c2ccc(S)cc2)c1. The van der Waals surface area contributed by atoms with Gasteiger partial charge in [0.15, 0.2) is 0 Å². The highest BCUT2D eigenvalue weighted by Crippen LogP contribution is 2.07. The second kappa shape index (κ2) is 5.73. The van der Waals surface area contributed by atoms with Crippen LogP contribution in [0.15, 0.2) is 41.6 Å². The Morgan fingerprint density at radius 2 is 2.11 bits per heavy atom. The first kappa shape index (κ1) is 12.7. The lowest BCUT2D eigenvalue weighted by molar-refractivity contribution is 0.0952. The molecule has 2 rings (SSSR count). The first-order chi connectivity index (χ1) is 8.65. The topological polar surface area (TPSA) is 46.9 Å². The summed E-state index contributed by atoms with van der Waals surface area (Å²) in [6.07, 6.45) is 3.75. The Hall–Kier alpha value is -1.75. The lowest BCUT2D eigenvalue weighted by Gasteiger charge is -2.05. The second-order valence-corrected chi connectivity index (χ2v) is 4.60. The molecule has 0 spiro atoms. The molecular weight excluding hydrogens is 246 g/mol. The normalized spacial score (nSPS) is 10.3. The number of aryl methyl sites for hydroxylation is 1. The first-order valence-electron chi connectivity index (χ1n) is 5.71. The van der Waals surface area contributed by atoms with Crippen molar-refractivity contribution < 1.29 is 4.79 Å². The Balaban J connectivity index is 1.83. The molecule has 0 radical (unpaired) electrons. The smallest absolute Gasteiger partial charge is 0.251 e. The van der Waals surface area contributed by atoms with E-state index in [4.69, 9.17) is 0 Å². The van der Waals surface area contributed by atoms with Gasteiger partial charge in [-0.2, -0.15) is 5.10 Å². The van der Waals surface area contributed by atoms with Crippen LogP contribution in [0, 0.1) is 6.92 Å². The predicted octanol–water partition coefficient (Wildman–Crippen LogP) is 1.91. The molecule has 2 aromatic rings. The van der Waals surface area contributed by atoms with Gasteiger partial charge in [0.25, 0.3) is 5.91 Å². The Labute approximate surface area is 111 Å². The van der Waals surface area contributed by atoms with Crippen molar-refractivity contribution in [2.75, 3.05) is 6.54 Å². The lowest BCUT2D eigenvalue weighted by Crippen LogP contribution is -2.27. The van der Waals surface area contributed by atoms with Gasteiger partial charge in [0, 0.05) is 23.2 Å². The zero-order chi connectivity index (χ0) is 13.0. The van der Waals surface area contributed by atoms with Crippen LogP contribution in [0.1, 0.15) is 15.9 Å². The molecule has 1 amide bonds. The van der Waals surface area contributed by atoms with E-state index in [1.165, 1.54) is 0 Å². The Morgan fingerprint density at radius 1 is 1.39 bits per heavy atom. The minimum atomic E-state index is -0.0767. The van der Waals surface area contributed by atoms with Gasteiger partial charge in [-0.1, -0.05) is 0 Å². The van der Waals surface area contributed by atoms with E-state index in [0.29, 0.717) is 18.7 Å². The van der Waals surface area contributed by atoms with Crippen LogP contribution < -0.4 is 5.32 Å². The number of aromatic nitrogens is 2. The van der Waals surface area contributed by atoms with Gasteiger partial charge in [0.2, 0.25) is 0 Å². The van der Waals surface area contributed by atoms with Crippen molar-refractivity contribution in [2.45, 2.75) is 18.4 Å². The minimum absolute atomic E-state index is 0.0767. The number of carbonyl (C=O) groups is 1.